The van der Waals surface area contributed by atoms with E-state index in [0.29, 0.717) is 0 Å². The number of hydrogen-bond acceptors (Lipinski definition) is 4. The van der Waals surface area contributed by atoms with Crippen LogP contribution in [0.15, 0.2) is 121 Å². The average Bonchev–Trinajstić information content (AvgIpc) is 2.83. The van der Waals surface area contributed by atoms with E-state index in [-0.39, 0.29) is 37.7 Å². The summed E-state index contributed by atoms with van der Waals surface area (Å²) in [7, 11) is -2.17. The molecule has 0 amide bonds. The maximum atomic E-state index is 8.35. The molecule has 0 saturated heterocycles. The molecule has 0 spiro atoms. The fourth-order valence-electron chi connectivity index (χ4n) is 2.52. The van der Waals surface area contributed by atoms with Crippen LogP contribution in [-0.4, -0.2) is 37.7 Å². The van der Waals surface area contributed by atoms with Crippen molar-refractivity contribution in [3.63, 3.8) is 0 Å². The molecule has 31 heavy (non-hydrogen) atoms. The minimum absolute atomic E-state index is 0. The first-order valence-corrected chi connectivity index (χ1v) is 10.3. The molecule has 0 bridgehead atoms. The zero-order valence-corrected chi connectivity index (χ0v) is 20.8. The molecule has 4 rings (SSSR count). The largest absolute Gasteiger partial charge is 2.00 e. The van der Waals surface area contributed by atoms with Crippen molar-refractivity contribution >= 4 is 55.1 Å². The summed E-state index contributed by atoms with van der Waals surface area (Å²) >= 11 is 0. The third kappa shape index (κ3) is 13.3. The molecule has 0 saturated carbocycles. The second-order valence-electron chi connectivity index (χ2n) is 5.61. The molecule has 0 atom stereocenters. The van der Waals surface area contributed by atoms with Gasteiger partial charge in [-0.3, -0.25) is 9.13 Å². The van der Waals surface area contributed by atoms with Gasteiger partial charge in [-0.05, 0) is 22.3 Å². The molecule has 0 fully saturated rings. The van der Waals surface area contributed by atoms with Crippen LogP contribution in [0.5, 0.6) is 0 Å². The van der Waals surface area contributed by atoms with Crippen molar-refractivity contribution in [2.24, 2.45) is 0 Å². The van der Waals surface area contributed by atoms with Crippen molar-refractivity contribution in [2.75, 3.05) is 0 Å². The van der Waals surface area contributed by atoms with Crippen LogP contribution in [0.4, 0.5) is 0 Å². The van der Waals surface area contributed by atoms with Crippen LogP contribution in [0.1, 0.15) is 0 Å². The maximum Gasteiger partial charge on any atom is 2.00 e. The first kappa shape index (κ1) is 29.3. The van der Waals surface area contributed by atoms with Gasteiger partial charge < -0.3 is 9.79 Å². The molecule has 0 aliphatic rings. The summed E-state index contributed by atoms with van der Waals surface area (Å²) in [5.74, 6) is 0. The summed E-state index contributed by atoms with van der Waals surface area (Å²) in [6, 6.07) is 41.6. The summed E-state index contributed by atoms with van der Waals surface area (Å²) in [6.07, 6.45) is 0. The second kappa shape index (κ2) is 20.2. The monoisotopic (exact) mass is 474 g/mol. The molecule has 0 N–H and O–H groups in total. The van der Waals surface area contributed by atoms with Gasteiger partial charge in [0.15, 0.2) is 0 Å². The third-order valence-electron chi connectivity index (χ3n) is 3.76. The van der Waals surface area contributed by atoms with Crippen LogP contribution in [-0.2, 0) is 9.13 Å². The zero-order chi connectivity index (χ0) is 21.9. The van der Waals surface area contributed by atoms with Gasteiger partial charge >= 0.3 is 37.7 Å². The topological polar surface area (TPSA) is 80.3 Å². The van der Waals surface area contributed by atoms with Crippen molar-refractivity contribution in [3.05, 3.63) is 121 Å². The SMILES string of the molecule is O=P[O-].O=P[O-].[Ca+2].c1ccc(-c2ccccc2)cc1.c1ccc(-c2ccccc2)cc1. The molecular formula is C24H20CaO4P2. The summed E-state index contributed by atoms with van der Waals surface area (Å²) in [6.45, 7) is 0. The molecule has 4 aromatic rings. The van der Waals surface area contributed by atoms with Gasteiger partial charge in [-0.1, -0.05) is 121 Å². The van der Waals surface area contributed by atoms with Crippen LogP contribution in [0.3, 0.4) is 0 Å². The van der Waals surface area contributed by atoms with Gasteiger partial charge in [-0.2, -0.15) is 0 Å². The van der Waals surface area contributed by atoms with Gasteiger partial charge in [-0.15, -0.1) is 0 Å². The van der Waals surface area contributed by atoms with Gasteiger partial charge in [0.05, 0.1) is 17.4 Å². The molecule has 0 radical (unpaired) electrons. The van der Waals surface area contributed by atoms with Gasteiger partial charge in [0.1, 0.15) is 0 Å². The smallest absolute Gasteiger partial charge is 0.772 e. The van der Waals surface area contributed by atoms with Crippen LogP contribution >= 0.6 is 17.4 Å². The number of hydrogen-bond donors (Lipinski definition) is 0. The Hall–Kier alpha value is -1.74. The third-order valence-corrected chi connectivity index (χ3v) is 3.76. The molecule has 4 nitrogen and oxygen atoms in total. The van der Waals surface area contributed by atoms with Crippen LogP contribution in [0.2, 0.25) is 0 Å². The molecule has 0 aliphatic carbocycles. The fourth-order valence-corrected chi connectivity index (χ4v) is 2.52. The van der Waals surface area contributed by atoms with E-state index >= 15 is 0 Å². The molecule has 0 aliphatic heterocycles. The normalized spacial score (nSPS) is 8.84. The first-order valence-electron chi connectivity index (χ1n) is 8.87. The number of benzene rings is 4. The van der Waals surface area contributed by atoms with E-state index in [4.69, 9.17) is 18.9 Å². The zero-order valence-electron chi connectivity index (χ0n) is 16.8. The van der Waals surface area contributed by atoms with Crippen LogP contribution in [0, 0.1) is 0 Å². The summed E-state index contributed by atoms with van der Waals surface area (Å²) in [5, 5.41) is 0. The Kier molecular flexibility index (Phi) is 19.0. The Labute approximate surface area is 216 Å². The van der Waals surface area contributed by atoms with Crippen molar-refractivity contribution < 1.29 is 18.9 Å². The minimum atomic E-state index is -1.08. The van der Waals surface area contributed by atoms with E-state index in [2.05, 4.69) is 97.1 Å². The average molecular weight is 474 g/mol. The van der Waals surface area contributed by atoms with Crippen LogP contribution < -0.4 is 9.79 Å². The van der Waals surface area contributed by atoms with Gasteiger partial charge in [0.25, 0.3) is 0 Å². The molecule has 0 heterocycles. The molecular weight excluding hydrogens is 454 g/mol. The molecule has 0 aromatic heterocycles. The van der Waals surface area contributed by atoms with E-state index in [1.54, 1.807) is 0 Å². The maximum absolute atomic E-state index is 8.35. The van der Waals surface area contributed by atoms with E-state index < -0.39 is 17.4 Å². The Morgan fingerprint density at radius 3 is 0.645 bits per heavy atom. The molecule has 152 valence electrons. The van der Waals surface area contributed by atoms with Crippen molar-refractivity contribution in [3.8, 4) is 22.3 Å². The van der Waals surface area contributed by atoms with E-state index in [9.17, 15) is 0 Å². The second-order valence-corrected chi connectivity index (χ2v) is 5.91. The Morgan fingerprint density at radius 1 is 0.387 bits per heavy atom. The summed E-state index contributed by atoms with van der Waals surface area (Å²) in [5.41, 5.74) is 5.10. The van der Waals surface area contributed by atoms with E-state index in [0.717, 1.165) is 0 Å². The van der Waals surface area contributed by atoms with E-state index in [1.165, 1.54) is 22.3 Å². The summed E-state index contributed by atoms with van der Waals surface area (Å²) in [4.78, 5) is 16.7. The Bertz CT molecular complexity index is 786. The van der Waals surface area contributed by atoms with Crippen molar-refractivity contribution in [2.45, 2.75) is 0 Å². The minimum Gasteiger partial charge on any atom is -0.772 e. The van der Waals surface area contributed by atoms with Gasteiger partial charge in [0.2, 0.25) is 0 Å². The molecule has 4 aromatic carbocycles. The van der Waals surface area contributed by atoms with Gasteiger partial charge in [0, 0.05) is 0 Å². The predicted molar refractivity (Wildman–Crippen MR) is 125 cm³/mol. The fraction of sp³-hybridized carbons (Fsp3) is 0. The molecule has 7 heteroatoms. The predicted octanol–water partition coefficient (Wildman–Crippen LogP) is 5.43. The molecule has 0 unspecified atom stereocenters. The van der Waals surface area contributed by atoms with Crippen molar-refractivity contribution in [1.29, 1.82) is 0 Å². The van der Waals surface area contributed by atoms with Gasteiger partial charge in [-0.25, -0.2) is 0 Å². The Morgan fingerprint density at radius 2 is 0.516 bits per heavy atom. The quantitative estimate of drug-likeness (QED) is 0.287. The first-order chi connectivity index (χ1) is 14.8. The summed E-state index contributed by atoms with van der Waals surface area (Å²) < 4.78 is 16.7. The van der Waals surface area contributed by atoms with Crippen LogP contribution in [0.25, 0.3) is 22.3 Å². The Balaban J connectivity index is 0.000000453. The number of rotatable bonds is 2. The standard InChI is InChI=1S/2C12H10.Ca.2HO2P/c2*1-3-7-11(8-4-1)12-9-5-2-6-10-12;;2*1-3-2/h2*1-10H;;2*(H,1,2)/q;;+2;;/p-2. The van der Waals surface area contributed by atoms with E-state index in [1.807, 2.05) is 24.3 Å². The van der Waals surface area contributed by atoms with Crippen molar-refractivity contribution in [1.82, 2.24) is 0 Å².